The fraction of sp³-hybridized carbons (Fsp3) is 0.100. The fourth-order valence-electron chi connectivity index (χ4n) is 1.26. The van der Waals surface area contributed by atoms with Crippen LogP contribution in [0.15, 0.2) is 41.5 Å². The number of hydrogen-bond acceptors (Lipinski definition) is 2. The number of carboxylic acid groups (broad SMARTS) is 1. The average molecular weight is 191 g/mol. The van der Waals surface area contributed by atoms with Crippen molar-refractivity contribution in [2.75, 3.05) is 0 Å². The highest BCUT2D eigenvalue weighted by Crippen LogP contribution is 2.06. The van der Waals surface area contributed by atoms with Crippen LogP contribution < -0.4 is 0 Å². The molecule has 0 bridgehead atoms. The van der Waals surface area contributed by atoms with Crippen molar-refractivity contribution >= 4 is 5.97 Å². The minimum absolute atomic E-state index is 0.300. The van der Waals surface area contributed by atoms with Gasteiger partial charge in [-0.3, -0.25) is 0 Å². The van der Waals surface area contributed by atoms with Crippen LogP contribution in [0.4, 0.5) is 0 Å². The van der Waals surface area contributed by atoms with Crippen molar-refractivity contribution in [2.24, 2.45) is 0 Å². The predicted molar refractivity (Wildman–Crippen MR) is 49.2 cm³/mol. The van der Waals surface area contributed by atoms with Crippen LogP contribution >= 0.6 is 0 Å². The molecule has 0 aliphatic heterocycles. The van der Waals surface area contributed by atoms with Crippen molar-refractivity contribution in [2.45, 2.75) is 6.54 Å². The number of carboxylic acids is 1. The van der Waals surface area contributed by atoms with Gasteiger partial charge in [0.15, 0.2) is 0 Å². The summed E-state index contributed by atoms with van der Waals surface area (Å²) in [4.78, 5) is 10.6. The Morgan fingerprint density at radius 1 is 1.50 bits per heavy atom. The van der Waals surface area contributed by atoms with E-state index in [-0.39, 0.29) is 0 Å². The molecule has 4 heteroatoms. The molecule has 1 N–H and O–H groups in total. The van der Waals surface area contributed by atoms with Crippen LogP contribution in [0.1, 0.15) is 15.9 Å². The third-order valence-corrected chi connectivity index (χ3v) is 1.94. The lowest BCUT2D eigenvalue weighted by Crippen LogP contribution is -1.96. The zero-order valence-electron chi connectivity index (χ0n) is 7.38. The highest BCUT2D eigenvalue weighted by molar-refractivity contribution is 5.87. The molecule has 0 atom stereocenters. The maximum Gasteiger partial charge on any atom is 0.337 e. The Labute approximate surface area is 80.4 Å². The van der Waals surface area contributed by atoms with Gasteiger partial charge in [0.1, 0.15) is 0 Å². The molecule has 0 aliphatic carbocycles. The zero-order valence-corrected chi connectivity index (χ0v) is 7.38. The van der Waals surface area contributed by atoms with E-state index in [1.165, 1.54) is 0 Å². The lowest BCUT2D eigenvalue weighted by atomic mass is 10.3. The molecular formula is C10H9NO3. The molecule has 0 spiro atoms. The van der Waals surface area contributed by atoms with E-state index in [2.05, 4.69) is 0 Å². The number of hydrogen-bond donors (Lipinski definition) is 1. The van der Waals surface area contributed by atoms with E-state index in [1.807, 2.05) is 6.07 Å². The van der Waals surface area contributed by atoms with Crippen LogP contribution in [0, 0.1) is 0 Å². The largest absolute Gasteiger partial charge is 0.478 e. The van der Waals surface area contributed by atoms with Crippen molar-refractivity contribution in [3.8, 4) is 0 Å². The fourth-order valence-corrected chi connectivity index (χ4v) is 1.26. The van der Waals surface area contributed by atoms with Crippen LogP contribution in [0.3, 0.4) is 0 Å². The minimum Gasteiger partial charge on any atom is -0.478 e. The molecule has 2 aromatic rings. The maximum atomic E-state index is 10.6. The first-order chi connectivity index (χ1) is 6.75. The molecule has 0 saturated carbocycles. The summed E-state index contributed by atoms with van der Waals surface area (Å²) in [5.74, 6) is -0.907. The monoisotopic (exact) mass is 191 g/mol. The summed E-state index contributed by atoms with van der Waals surface area (Å²) < 4.78 is 6.71. The number of nitrogens with zero attached hydrogens (tertiary/aromatic N) is 1. The molecule has 72 valence electrons. The highest BCUT2D eigenvalue weighted by Gasteiger charge is 2.04. The smallest absolute Gasteiger partial charge is 0.337 e. The van der Waals surface area contributed by atoms with Crippen LogP contribution in [0.5, 0.6) is 0 Å². The number of aromatic nitrogens is 1. The van der Waals surface area contributed by atoms with Gasteiger partial charge in [0.2, 0.25) is 0 Å². The quantitative estimate of drug-likeness (QED) is 0.805. The molecule has 14 heavy (non-hydrogen) atoms. The Balaban J connectivity index is 2.14. The normalized spacial score (nSPS) is 10.3. The Bertz CT molecular complexity index is 428. The number of aromatic carboxylic acids is 1. The molecule has 0 unspecified atom stereocenters. The first-order valence-corrected chi connectivity index (χ1v) is 4.16. The lowest BCUT2D eigenvalue weighted by Gasteiger charge is -1.97. The Hall–Kier alpha value is -1.97. The molecule has 0 aromatic carbocycles. The van der Waals surface area contributed by atoms with E-state index in [9.17, 15) is 4.79 Å². The second-order valence-corrected chi connectivity index (χ2v) is 3.01. The van der Waals surface area contributed by atoms with Gasteiger partial charge in [-0.15, -0.1) is 0 Å². The van der Waals surface area contributed by atoms with Gasteiger partial charge >= 0.3 is 5.97 Å². The Kier molecular flexibility index (Phi) is 2.10. The molecule has 4 nitrogen and oxygen atoms in total. The summed E-state index contributed by atoms with van der Waals surface area (Å²) in [5.41, 5.74) is 1.31. The second-order valence-electron chi connectivity index (χ2n) is 3.01. The highest BCUT2D eigenvalue weighted by atomic mass is 16.4. The van der Waals surface area contributed by atoms with Gasteiger partial charge in [-0.25, -0.2) is 4.79 Å². The van der Waals surface area contributed by atoms with Crippen LogP contribution in [-0.2, 0) is 6.54 Å². The van der Waals surface area contributed by atoms with Crippen molar-refractivity contribution in [1.29, 1.82) is 0 Å². The third kappa shape index (κ3) is 1.69. The Morgan fingerprint density at radius 2 is 2.36 bits per heavy atom. The summed E-state index contributed by atoms with van der Waals surface area (Å²) in [6.45, 7) is 0.629. The summed E-state index contributed by atoms with van der Waals surface area (Å²) in [5, 5.41) is 8.69. The van der Waals surface area contributed by atoms with E-state index in [1.54, 1.807) is 35.6 Å². The van der Waals surface area contributed by atoms with Crippen LogP contribution in [0.2, 0.25) is 0 Å². The van der Waals surface area contributed by atoms with Crippen LogP contribution in [0.25, 0.3) is 0 Å². The van der Waals surface area contributed by atoms with Crippen molar-refractivity contribution in [3.63, 3.8) is 0 Å². The third-order valence-electron chi connectivity index (χ3n) is 1.94. The summed E-state index contributed by atoms with van der Waals surface area (Å²) >= 11 is 0. The standard InChI is InChI=1S/C10H9NO3/c12-10(13)9-1-3-11(6-9)5-8-2-4-14-7-8/h1-4,6-7H,5H2,(H,12,13). The summed E-state index contributed by atoms with van der Waals surface area (Å²) in [7, 11) is 0. The molecule has 2 aromatic heterocycles. The summed E-state index contributed by atoms with van der Waals surface area (Å²) in [6.07, 6.45) is 6.56. The molecular weight excluding hydrogens is 182 g/mol. The van der Waals surface area contributed by atoms with E-state index < -0.39 is 5.97 Å². The number of rotatable bonds is 3. The van der Waals surface area contributed by atoms with Gasteiger partial charge in [-0.2, -0.15) is 0 Å². The van der Waals surface area contributed by atoms with Crippen molar-refractivity contribution < 1.29 is 14.3 Å². The molecule has 2 heterocycles. The van der Waals surface area contributed by atoms with Gasteiger partial charge in [-0.1, -0.05) is 0 Å². The maximum absolute atomic E-state index is 10.6. The molecule has 0 saturated heterocycles. The number of furan rings is 1. The van der Waals surface area contributed by atoms with Crippen LogP contribution in [-0.4, -0.2) is 15.6 Å². The second kappa shape index (κ2) is 3.41. The first-order valence-electron chi connectivity index (χ1n) is 4.16. The first kappa shape index (κ1) is 8.62. The van der Waals surface area contributed by atoms with Crippen molar-refractivity contribution in [1.82, 2.24) is 4.57 Å². The van der Waals surface area contributed by atoms with Gasteiger partial charge < -0.3 is 14.1 Å². The zero-order chi connectivity index (χ0) is 9.97. The molecule has 0 fully saturated rings. The van der Waals surface area contributed by atoms with Gasteiger partial charge in [0.25, 0.3) is 0 Å². The van der Waals surface area contributed by atoms with E-state index in [0.29, 0.717) is 12.1 Å². The number of carbonyl (C=O) groups is 1. The van der Waals surface area contributed by atoms with E-state index in [0.717, 1.165) is 5.56 Å². The Morgan fingerprint density at radius 3 is 2.93 bits per heavy atom. The van der Waals surface area contributed by atoms with Crippen molar-refractivity contribution in [3.05, 3.63) is 48.2 Å². The van der Waals surface area contributed by atoms with Gasteiger partial charge in [0, 0.05) is 18.0 Å². The average Bonchev–Trinajstić information content (AvgIpc) is 2.75. The van der Waals surface area contributed by atoms with E-state index >= 15 is 0 Å². The van der Waals surface area contributed by atoms with Gasteiger partial charge in [0.05, 0.1) is 24.6 Å². The molecule has 0 amide bonds. The SMILES string of the molecule is O=C(O)c1ccn(Cc2ccoc2)c1. The van der Waals surface area contributed by atoms with Gasteiger partial charge in [-0.05, 0) is 12.1 Å². The lowest BCUT2D eigenvalue weighted by molar-refractivity contribution is 0.0697. The minimum atomic E-state index is -0.907. The molecule has 0 radical (unpaired) electrons. The molecule has 0 aliphatic rings. The topological polar surface area (TPSA) is 55.4 Å². The molecule has 2 rings (SSSR count). The predicted octanol–water partition coefficient (Wildman–Crippen LogP) is 1.83. The summed E-state index contributed by atoms with van der Waals surface area (Å²) in [6, 6.07) is 3.42. The van der Waals surface area contributed by atoms with E-state index in [4.69, 9.17) is 9.52 Å².